The van der Waals surface area contributed by atoms with Crippen LogP contribution >= 0.6 is 0 Å². The maximum Gasteiger partial charge on any atom is 0.254 e. The van der Waals surface area contributed by atoms with E-state index in [2.05, 4.69) is 4.90 Å². The van der Waals surface area contributed by atoms with Gasteiger partial charge < -0.3 is 10.0 Å². The lowest BCUT2D eigenvalue weighted by Crippen LogP contribution is -2.50. The van der Waals surface area contributed by atoms with Gasteiger partial charge in [-0.3, -0.25) is 9.69 Å². The van der Waals surface area contributed by atoms with Crippen LogP contribution in [-0.2, 0) is 9.84 Å². The van der Waals surface area contributed by atoms with Crippen molar-refractivity contribution >= 4 is 15.7 Å². The first kappa shape index (κ1) is 17.9. The molecule has 1 saturated heterocycles. The van der Waals surface area contributed by atoms with E-state index in [1.54, 1.807) is 17.9 Å². The number of aliphatic hydroxyl groups excluding tert-OH is 1. The summed E-state index contributed by atoms with van der Waals surface area (Å²) in [5, 5.41) is 9.42. The molecule has 0 bridgehead atoms. The van der Waals surface area contributed by atoms with Crippen molar-refractivity contribution in [2.45, 2.75) is 24.8 Å². The van der Waals surface area contributed by atoms with Crippen molar-refractivity contribution in [1.29, 1.82) is 0 Å². The van der Waals surface area contributed by atoms with Gasteiger partial charge in [0, 0.05) is 44.5 Å². The number of amides is 1. The first-order valence-corrected chi connectivity index (χ1v) is 9.58. The van der Waals surface area contributed by atoms with Crippen molar-refractivity contribution < 1.29 is 18.3 Å². The van der Waals surface area contributed by atoms with Gasteiger partial charge in [0.15, 0.2) is 9.84 Å². The van der Waals surface area contributed by atoms with E-state index in [-0.39, 0.29) is 16.9 Å². The number of hydrogen-bond donors (Lipinski definition) is 1. The zero-order valence-electron chi connectivity index (χ0n) is 13.8. The van der Waals surface area contributed by atoms with Gasteiger partial charge in [0.2, 0.25) is 0 Å². The zero-order valence-corrected chi connectivity index (χ0v) is 14.6. The van der Waals surface area contributed by atoms with Gasteiger partial charge in [0.1, 0.15) is 0 Å². The molecule has 1 heterocycles. The van der Waals surface area contributed by atoms with Crippen LogP contribution in [0.25, 0.3) is 0 Å². The Hall–Kier alpha value is -1.44. The quantitative estimate of drug-likeness (QED) is 0.865. The summed E-state index contributed by atoms with van der Waals surface area (Å²) < 4.78 is 23.4. The Balaban J connectivity index is 2.13. The molecule has 0 saturated carbocycles. The number of β-amino-alcohol motifs (C(OH)–C–C–N with tert-alkyl or cyclic N) is 1. The van der Waals surface area contributed by atoms with Gasteiger partial charge in [0.25, 0.3) is 5.91 Å². The fourth-order valence-corrected chi connectivity index (χ4v) is 3.39. The predicted octanol–water partition coefficient (Wildman–Crippen LogP) is 0.537. The standard InChI is InChI=1S/C16H24N2O4S/c1-12-4-5-14(23(3,21)22)10-15(12)16(20)18-8-6-17(7-9-18)11-13(2)19/h4-5,10,13,19H,6-9,11H2,1-3H3. The molecule has 0 aliphatic carbocycles. The molecule has 0 spiro atoms. The number of aliphatic hydroxyl groups is 1. The van der Waals surface area contributed by atoms with Crippen LogP contribution < -0.4 is 0 Å². The fraction of sp³-hybridized carbons (Fsp3) is 0.562. The summed E-state index contributed by atoms with van der Waals surface area (Å²) in [4.78, 5) is 16.7. The second-order valence-electron chi connectivity index (χ2n) is 6.19. The van der Waals surface area contributed by atoms with E-state index in [9.17, 15) is 18.3 Å². The van der Waals surface area contributed by atoms with E-state index in [0.717, 1.165) is 11.8 Å². The average molecular weight is 340 g/mol. The molecule has 1 aliphatic heterocycles. The van der Waals surface area contributed by atoms with E-state index in [0.29, 0.717) is 38.3 Å². The molecule has 0 radical (unpaired) electrons. The van der Waals surface area contributed by atoms with Crippen LogP contribution in [0.4, 0.5) is 0 Å². The molecule has 128 valence electrons. The summed E-state index contributed by atoms with van der Waals surface area (Å²) in [5.74, 6) is -0.135. The molecule has 2 rings (SSSR count). The number of hydrogen-bond acceptors (Lipinski definition) is 5. The lowest BCUT2D eigenvalue weighted by Gasteiger charge is -2.35. The van der Waals surface area contributed by atoms with Gasteiger partial charge in [-0.1, -0.05) is 6.07 Å². The Kier molecular flexibility index (Phi) is 5.44. The number of rotatable bonds is 4. The number of carbonyl (C=O) groups excluding carboxylic acids is 1. The second-order valence-corrected chi connectivity index (χ2v) is 8.21. The highest BCUT2D eigenvalue weighted by atomic mass is 32.2. The van der Waals surface area contributed by atoms with Crippen molar-refractivity contribution in [2.75, 3.05) is 39.0 Å². The van der Waals surface area contributed by atoms with Gasteiger partial charge >= 0.3 is 0 Å². The minimum atomic E-state index is -3.34. The van der Waals surface area contributed by atoms with E-state index in [1.807, 2.05) is 6.92 Å². The van der Waals surface area contributed by atoms with E-state index < -0.39 is 9.84 Å². The van der Waals surface area contributed by atoms with Gasteiger partial charge in [-0.05, 0) is 31.5 Å². The molecule has 23 heavy (non-hydrogen) atoms. The second kappa shape index (κ2) is 6.98. The number of carbonyl (C=O) groups is 1. The highest BCUT2D eigenvalue weighted by Crippen LogP contribution is 2.18. The smallest absolute Gasteiger partial charge is 0.254 e. The maximum atomic E-state index is 12.7. The summed E-state index contributed by atoms with van der Waals surface area (Å²) in [5.41, 5.74) is 1.21. The van der Waals surface area contributed by atoms with Crippen molar-refractivity contribution in [3.05, 3.63) is 29.3 Å². The topological polar surface area (TPSA) is 77.9 Å². The summed E-state index contributed by atoms with van der Waals surface area (Å²) in [7, 11) is -3.34. The molecule has 7 heteroatoms. The molecule has 1 aromatic rings. The fourth-order valence-electron chi connectivity index (χ4n) is 2.74. The third-order valence-corrected chi connectivity index (χ3v) is 5.16. The SMILES string of the molecule is Cc1ccc(S(C)(=O)=O)cc1C(=O)N1CCN(CC(C)O)CC1. The number of benzene rings is 1. The van der Waals surface area contributed by atoms with Crippen LogP contribution in [0.15, 0.2) is 23.1 Å². The number of sulfone groups is 1. The van der Waals surface area contributed by atoms with Crippen molar-refractivity contribution in [3.63, 3.8) is 0 Å². The van der Waals surface area contributed by atoms with E-state index in [4.69, 9.17) is 0 Å². The molecule has 1 atom stereocenters. The van der Waals surface area contributed by atoms with Crippen LogP contribution in [0, 0.1) is 6.92 Å². The molecule has 1 amide bonds. The lowest BCUT2D eigenvalue weighted by molar-refractivity contribution is 0.0553. The highest BCUT2D eigenvalue weighted by Gasteiger charge is 2.24. The Morgan fingerprint density at radius 3 is 2.39 bits per heavy atom. The minimum absolute atomic E-state index is 0.135. The molecule has 0 aromatic heterocycles. The first-order valence-electron chi connectivity index (χ1n) is 7.69. The van der Waals surface area contributed by atoms with Crippen LogP contribution in [0.1, 0.15) is 22.8 Å². The Bertz CT molecular complexity index is 677. The maximum absolute atomic E-state index is 12.7. The Labute approximate surface area is 137 Å². The number of nitrogens with zero attached hydrogens (tertiary/aromatic N) is 2. The van der Waals surface area contributed by atoms with Crippen LogP contribution in [-0.4, -0.2) is 74.3 Å². The van der Waals surface area contributed by atoms with E-state index >= 15 is 0 Å². The Morgan fingerprint density at radius 2 is 1.87 bits per heavy atom. The van der Waals surface area contributed by atoms with Crippen LogP contribution in [0.2, 0.25) is 0 Å². The van der Waals surface area contributed by atoms with Crippen LogP contribution in [0.5, 0.6) is 0 Å². The monoisotopic (exact) mass is 340 g/mol. The van der Waals surface area contributed by atoms with E-state index in [1.165, 1.54) is 12.1 Å². The van der Waals surface area contributed by atoms with Gasteiger partial charge in [-0.15, -0.1) is 0 Å². The Morgan fingerprint density at radius 1 is 1.26 bits per heavy atom. The molecule has 6 nitrogen and oxygen atoms in total. The zero-order chi connectivity index (χ0) is 17.2. The molecule has 1 aliphatic rings. The van der Waals surface area contributed by atoms with Crippen molar-refractivity contribution in [3.8, 4) is 0 Å². The molecule has 1 unspecified atom stereocenters. The minimum Gasteiger partial charge on any atom is -0.392 e. The molecular weight excluding hydrogens is 316 g/mol. The summed E-state index contributed by atoms with van der Waals surface area (Å²) >= 11 is 0. The summed E-state index contributed by atoms with van der Waals surface area (Å²) in [6, 6.07) is 4.67. The van der Waals surface area contributed by atoms with Gasteiger partial charge in [0.05, 0.1) is 11.0 Å². The number of aryl methyl sites for hydroxylation is 1. The third kappa shape index (κ3) is 4.53. The van der Waals surface area contributed by atoms with Crippen molar-refractivity contribution in [1.82, 2.24) is 9.80 Å². The highest BCUT2D eigenvalue weighted by molar-refractivity contribution is 7.90. The first-order chi connectivity index (χ1) is 10.7. The van der Waals surface area contributed by atoms with Gasteiger partial charge in [-0.2, -0.15) is 0 Å². The molecule has 1 fully saturated rings. The molecule has 1 N–H and O–H groups in total. The van der Waals surface area contributed by atoms with Crippen LogP contribution in [0.3, 0.4) is 0 Å². The third-order valence-electron chi connectivity index (χ3n) is 4.05. The van der Waals surface area contributed by atoms with Gasteiger partial charge in [-0.25, -0.2) is 8.42 Å². The number of piperazine rings is 1. The molecule has 1 aromatic carbocycles. The lowest BCUT2D eigenvalue weighted by atomic mass is 10.1. The normalized spacial score (nSPS) is 18.0. The largest absolute Gasteiger partial charge is 0.392 e. The summed E-state index contributed by atoms with van der Waals surface area (Å²) in [6.45, 7) is 6.73. The average Bonchev–Trinajstić information content (AvgIpc) is 2.46. The predicted molar refractivity (Wildman–Crippen MR) is 88.3 cm³/mol. The molecular formula is C16H24N2O4S. The summed E-state index contributed by atoms with van der Waals surface area (Å²) in [6.07, 6.45) is 0.756. The van der Waals surface area contributed by atoms with Crippen molar-refractivity contribution in [2.24, 2.45) is 0 Å².